The molecule has 3 heterocycles. The molecule has 7 heteroatoms. The molecule has 1 aromatic heterocycles. The highest BCUT2D eigenvalue weighted by atomic mass is 16.5. The smallest absolute Gasteiger partial charge is 0.350 e. The second kappa shape index (κ2) is 8.16. The summed E-state index contributed by atoms with van der Waals surface area (Å²) in [6, 6.07) is 6.47. The molecule has 1 N–H and O–H groups in total. The van der Waals surface area contributed by atoms with Crippen molar-refractivity contribution < 1.29 is 9.47 Å². The molecule has 29 heavy (non-hydrogen) atoms. The number of aromatic nitrogens is 2. The number of nitrogens with zero attached hydrogens (tertiary/aromatic N) is 3. The molecular weight excluding hydrogens is 368 g/mol. The second-order valence-electron chi connectivity index (χ2n) is 8.20. The van der Waals surface area contributed by atoms with Gasteiger partial charge in [-0.2, -0.15) is 4.98 Å². The number of nitrogens with one attached hydrogen (secondary N) is 1. The van der Waals surface area contributed by atoms with Gasteiger partial charge in [-0.3, -0.25) is 9.47 Å². The van der Waals surface area contributed by atoms with E-state index in [9.17, 15) is 4.79 Å². The lowest BCUT2D eigenvalue weighted by Gasteiger charge is -2.27. The van der Waals surface area contributed by atoms with E-state index in [2.05, 4.69) is 27.3 Å². The molecule has 1 saturated heterocycles. The minimum atomic E-state index is -0.196. The fraction of sp³-hybridized carbons (Fsp3) is 0.545. The number of morpholine rings is 1. The Kier molecular flexibility index (Phi) is 5.24. The molecular formula is C22H28N4O3. The topological polar surface area (TPSA) is 68.6 Å². The van der Waals surface area contributed by atoms with Crippen LogP contribution in [0.3, 0.4) is 0 Å². The number of anilines is 2. The molecule has 0 bridgehead atoms. The van der Waals surface area contributed by atoms with Gasteiger partial charge in [0, 0.05) is 25.7 Å². The van der Waals surface area contributed by atoms with Crippen molar-refractivity contribution in [1.82, 2.24) is 14.5 Å². The largest absolute Gasteiger partial charge is 0.450 e. The van der Waals surface area contributed by atoms with Gasteiger partial charge in [0.1, 0.15) is 0 Å². The molecule has 1 saturated carbocycles. The van der Waals surface area contributed by atoms with Crippen molar-refractivity contribution in [3.05, 3.63) is 40.4 Å². The van der Waals surface area contributed by atoms with Crippen LogP contribution in [0.2, 0.25) is 0 Å². The number of hydrogen-bond acceptors (Lipinski definition) is 6. The highest BCUT2D eigenvalue weighted by molar-refractivity contribution is 5.72. The molecule has 3 aliphatic rings. The molecule has 2 aliphatic heterocycles. The Morgan fingerprint density at radius 2 is 1.93 bits per heavy atom. The van der Waals surface area contributed by atoms with Gasteiger partial charge in [-0.25, -0.2) is 4.79 Å². The van der Waals surface area contributed by atoms with Crippen LogP contribution in [0.4, 0.5) is 11.5 Å². The molecule has 0 radical (unpaired) electrons. The van der Waals surface area contributed by atoms with Crippen molar-refractivity contribution in [1.29, 1.82) is 0 Å². The first-order valence-electron chi connectivity index (χ1n) is 10.8. The normalized spacial score (nSPS) is 19.7. The maximum absolute atomic E-state index is 12.6. The maximum Gasteiger partial charge on any atom is 0.350 e. The number of fused-ring (bicyclic) bond motifs is 2. The van der Waals surface area contributed by atoms with Gasteiger partial charge in [0.2, 0.25) is 0 Å². The first-order chi connectivity index (χ1) is 14.3. The highest BCUT2D eigenvalue weighted by Crippen LogP contribution is 2.41. The first-order valence-corrected chi connectivity index (χ1v) is 10.8. The Morgan fingerprint density at radius 3 is 2.76 bits per heavy atom. The molecule has 154 valence electrons. The molecule has 2 fully saturated rings. The van der Waals surface area contributed by atoms with Crippen LogP contribution in [0.5, 0.6) is 11.5 Å². The molecule has 0 amide bonds. The zero-order valence-electron chi connectivity index (χ0n) is 16.7. The molecule has 1 aliphatic carbocycles. The van der Waals surface area contributed by atoms with Gasteiger partial charge in [-0.15, -0.1) is 0 Å². The lowest BCUT2D eigenvalue weighted by molar-refractivity contribution is 0.0384. The van der Waals surface area contributed by atoms with Crippen LogP contribution in [-0.2, 0) is 11.2 Å². The van der Waals surface area contributed by atoms with Gasteiger partial charge in [0.25, 0.3) is 0 Å². The van der Waals surface area contributed by atoms with Crippen LogP contribution in [0.1, 0.15) is 43.7 Å². The molecule has 0 spiro atoms. The minimum Gasteiger partial charge on any atom is -0.450 e. The fourth-order valence-electron chi connectivity index (χ4n) is 4.51. The summed E-state index contributed by atoms with van der Waals surface area (Å²) in [6.45, 7) is 4.65. The van der Waals surface area contributed by atoms with Crippen molar-refractivity contribution in [2.75, 3.05) is 38.2 Å². The first kappa shape index (κ1) is 18.6. The molecule has 2 aromatic rings. The van der Waals surface area contributed by atoms with Crippen molar-refractivity contribution in [2.45, 2.75) is 44.6 Å². The molecule has 1 aromatic carbocycles. The van der Waals surface area contributed by atoms with E-state index in [4.69, 9.17) is 9.47 Å². The third kappa shape index (κ3) is 4.02. The standard InChI is InChI=1S/C22H28N4O3/c27-22-24-21-20(15-26(22)17-4-2-1-3-5-17)29-19-7-6-16(14-18(19)23-21)8-9-25-10-12-28-13-11-25/h6-7,14-15,17H,1-5,8-13H2,(H,23,24,27). The van der Waals surface area contributed by atoms with Crippen molar-refractivity contribution in [3.63, 3.8) is 0 Å². The number of rotatable bonds is 4. The molecule has 5 rings (SSSR count). The van der Waals surface area contributed by atoms with E-state index in [1.54, 1.807) is 4.57 Å². The van der Waals surface area contributed by atoms with E-state index >= 15 is 0 Å². The van der Waals surface area contributed by atoms with Crippen LogP contribution in [0.25, 0.3) is 0 Å². The number of benzene rings is 1. The van der Waals surface area contributed by atoms with Crippen LogP contribution in [-0.4, -0.2) is 47.3 Å². The molecule has 0 unspecified atom stereocenters. The Bertz CT molecular complexity index is 930. The summed E-state index contributed by atoms with van der Waals surface area (Å²) in [6.07, 6.45) is 8.48. The van der Waals surface area contributed by atoms with E-state index in [0.717, 1.165) is 63.5 Å². The molecule has 7 nitrogen and oxygen atoms in total. The van der Waals surface area contributed by atoms with Crippen molar-refractivity contribution >= 4 is 11.5 Å². The van der Waals surface area contributed by atoms with Crippen LogP contribution >= 0.6 is 0 Å². The fourth-order valence-corrected chi connectivity index (χ4v) is 4.51. The van der Waals surface area contributed by atoms with E-state index in [-0.39, 0.29) is 11.7 Å². The Hall–Kier alpha value is -2.38. The van der Waals surface area contributed by atoms with Gasteiger partial charge < -0.3 is 14.8 Å². The van der Waals surface area contributed by atoms with Crippen LogP contribution in [0.15, 0.2) is 29.2 Å². The summed E-state index contributed by atoms with van der Waals surface area (Å²) in [7, 11) is 0. The third-order valence-corrected chi connectivity index (χ3v) is 6.22. The van der Waals surface area contributed by atoms with E-state index in [1.165, 1.54) is 24.8 Å². The third-order valence-electron chi connectivity index (χ3n) is 6.22. The lowest BCUT2D eigenvalue weighted by Crippen LogP contribution is -2.37. The minimum absolute atomic E-state index is 0.196. The summed E-state index contributed by atoms with van der Waals surface area (Å²) in [4.78, 5) is 19.3. The second-order valence-corrected chi connectivity index (χ2v) is 8.20. The lowest BCUT2D eigenvalue weighted by atomic mass is 9.95. The monoisotopic (exact) mass is 396 g/mol. The SMILES string of the molecule is O=c1nc2c(cn1C1CCCCC1)Oc1ccc(CCN3CCOCC3)cc1N2. The summed E-state index contributed by atoms with van der Waals surface area (Å²) in [5, 5.41) is 3.31. The van der Waals surface area contributed by atoms with Crippen LogP contribution < -0.4 is 15.7 Å². The number of hydrogen-bond donors (Lipinski definition) is 1. The Balaban J connectivity index is 1.32. The summed E-state index contributed by atoms with van der Waals surface area (Å²) in [5.41, 5.74) is 1.92. The van der Waals surface area contributed by atoms with E-state index in [0.29, 0.717) is 11.6 Å². The van der Waals surface area contributed by atoms with E-state index in [1.807, 2.05) is 12.3 Å². The van der Waals surface area contributed by atoms with Crippen molar-refractivity contribution in [2.24, 2.45) is 0 Å². The maximum atomic E-state index is 12.6. The van der Waals surface area contributed by atoms with Gasteiger partial charge in [0.15, 0.2) is 17.3 Å². The Morgan fingerprint density at radius 1 is 1.10 bits per heavy atom. The summed E-state index contributed by atoms with van der Waals surface area (Å²) >= 11 is 0. The van der Waals surface area contributed by atoms with Gasteiger partial charge >= 0.3 is 5.69 Å². The van der Waals surface area contributed by atoms with E-state index < -0.39 is 0 Å². The quantitative estimate of drug-likeness (QED) is 0.728. The predicted molar refractivity (Wildman–Crippen MR) is 111 cm³/mol. The average Bonchev–Trinajstić information content (AvgIpc) is 2.77. The highest BCUT2D eigenvalue weighted by Gasteiger charge is 2.23. The number of ether oxygens (including phenoxy) is 2. The average molecular weight is 396 g/mol. The zero-order chi connectivity index (χ0) is 19.6. The molecule has 0 atom stereocenters. The van der Waals surface area contributed by atoms with Gasteiger partial charge in [-0.1, -0.05) is 25.3 Å². The Labute approximate surface area is 170 Å². The van der Waals surface area contributed by atoms with Gasteiger partial charge in [0.05, 0.1) is 25.1 Å². The van der Waals surface area contributed by atoms with Crippen molar-refractivity contribution in [3.8, 4) is 11.5 Å². The zero-order valence-corrected chi connectivity index (χ0v) is 16.7. The predicted octanol–water partition coefficient (Wildman–Crippen LogP) is 3.47. The van der Waals surface area contributed by atoms with Gasteiger partial charge in [-0.05, 0) is 37.0 Å². The summed E-state index contributed by atoms with van der Waals surface area (Å²) < 4.78 is 13.3. The summed E-state index contributed by atoms with van der Waals surface area (Å²) in [5.74, 6) is 1.92. The van der Waals surface area contributed by atoms with Crippen LogP contribution in [0, 0.1) is 0 Å².